The van der Waals surface area contributed by atoms with Gasteiger partial charge in [-0.15, -0.1) is 0 Å². The zero-order chi connectivity index (χ0) is 40.6. The van der Waals surface area contributed by atoms with Crippen LogP contribution < -0.4 is 4.90 Å². The van der Waals surface area contributed by atoms with Gasteiger partial charge in [-0.3, -0.25) is 0 Å². The number of fused-ring (bicyclic) bond motifs is 12. The number of hydrogen-bond acceptors (Lipinski definition) is 4. The van der Waals surface area contributed by atoms with E-state index in [0.717, 1.165) is 83.2 Å². The van der Waals surface area contributed by atoms with Crippen LogP contribution >= 0.6 is 0 Å². The molecule has 12 rings (SSSR count). The molecule has 61 heavy (non-hydrogen) atoms. The molecule has 0 unspecified atom stereocenters. The minimum absolute atomic E-state index is 0.593. The van der Waals surface area contributed by atoms with Crippen molar-refractivity contribution in [2.75, 3.05) is 4.90 Å². The van der Waals surface area contributed by atoms with Gasteiger partial charge in [0.1, 0.15) is 22.3 Å². The summed E-state index contributed by atoms with van der Waals surface area (Å²) in [4.78, 5) is 5.97. The van der Waals surface area contributed by atoms with Crippen molar-refractivity contribution in [3.8, 4) is 28.3 Å². The third kappa shape index (κ3) is 5.53. The van der Waals surface area contributed by atoms with Crippen molar-refractivity contribution < 1.29 is 8.83 Å². The van der Waals surface area contributed by atoms with Gasteiger partial charge >= 0.3 is 0 Å². The molecule has 0 atom stereocenters. The van der Waals surface area contributed by atoms with Gasteiger partial charge in [-0.2, -0.15) is 5.26 Å². The van der Waals surface area contributed by atoms with Crippen molar-refractivity contribution in [2.45, 2.75) is 0 Å². The summed E-state index contributed by atoms with van der Waals surface area (Å²) < 4.78 is 12.2. The quantitative estimate of drug-likeness (QED) is 0.129. The molecule has 2 aromatic heterocycles. The Hall–Kier alpha value is -8.64. The number of benzene rings is 10. The predicted molar refractivity (Wildman–Crippen MR) is 250 cm³/mol. The van der Waals surface area contributed by atoms with E-state index in [1.807, 2.05) is 36.4 Å². The first-order valence-corrected chi connectivity index (χ1v) is 20.1. The van der Waals surface area contributed by atoms with E-state index < -0.39 is 0 Å². The Balaban J connectivity index is 0.986. The second-order valence-electron chi connectivity index (χ2n) is 15.5. The van der Waals surface area contributed by atoms with E-state index >= 15 is 0 Å². The lowest BCUT2D eigenvalue weighted by molar-refractivity contribution is 0.668. The van der Waals surface area contributed by atoms with Crippen LogP contribution in [0.3, 0.4) is 0 Å². The fourth-order valence-electron chi connectivity index (χ4n) is 9.13. The van der Waals surface area contributed by atoms with Crippen LogP contribution in [0.15, 0.2) is 197 Å². The van der Waals surface area contributed by atoms with Crippen LogP contribution in [0.2, 0.25) is 0 Å². The molecule has 0 radical (unpaired) electrons. The zero-order valence-electron chi connectivity index (χ0n) is 32.6. The van der Waals surface area contributed by atoms with Gasteiger partial charge in [-0.25, -0.2) is 4.85 Å². The number of furan rings is 2. The summed E-state index contributed by atoms with van der Waals surface area (Å²) in [6, 6.07) is 67.6. The van der Waals surface area contributed by atoms with E-state index in [0.29, 0.717) is 11.3 Å². The molecular weight excluding hydrogens is 747 g/mol. The highest BCUT2D eigenvalue weighted by atomic mass is 16.3. The minimum atomic E-state index is 0.593. The van der Waals surface area contributed by atoms with Gasteiger partial charge in [0, 0.05) is 38.6 Å². The van der Waals surface area contributed by atoms with E-state index in [9.17, 15) is 5.26 Å². The highest BCUT2D eigenvalue weighted by molar-refractivity contribution is 6.26. The first-order valence-electron chi connectivity index (χ1n) is 20.1. The average Bonchev–Trinajstić information content (AvgIpc) is 3.89. The van der Waals surface area contributed by atoms with Crippen LogP contribution in [0.25, 0.3) is 103 Å². The van der Waals surface area contributed by atoms with Crippen molar-refractivity contribution in [1.82, 2.24) is 0 Å². The SMILES string of the molecule is [C-]#[N+]c1ccc2oc3ccc(-c4ccc(N(c5ccc(-c6ccc7oc8ccc(C#N)cc8c7c6)cc5)c5ccc6c7ccccc7c7ccccc7c6c5)cc4)cc3c2c1. The van der Waals surface area contributed by atoms with E-state index in [-0.39, 0.29) is 0 Å². The summed E-state index contributed by atoms with van der Waals surface area (Å²) in [5, 5.41) is 20.8. The predicted octanol–water partition coefficient (Wildman–Crippen LogP) is 16.2. The van der Waals surface area contributed by atoms with Crippen LogP contribution in [0.1, 0.15) is 5.56 Å². The fourth-order valence-corrected chi connectivity index (χ4v) is 9.13. The first-order chi connectivity index (χ1) is 30.1. The van der Waals surface area contributed by atoms with Gasteiger partial charge in [-0.1, -0.05) is 97.1 Å². The Kier molecular flexibility index (Phi) is 7.59. The lowest BCUT2D eigenvalue weighted by Gasteiger charge is -2.26. The van der Waals surface area contributed by atoms with Crippen LogP contribution in [0.4, 0.5) is 22.7 Å². The molecule has 0 saturated carbocycles. The summed E-state index contributed by atoms with van der Waals surface area (Å²) in [6.07, 6.45) is 0. The van der Waals surface area contributed by atoms with Crippen molar-refractivity contribution >= 4 is 98.9 Å². The van der Waals surface area contributed by atoms with Crippen molar-refractivity contribution in [3.63, 3.8) is 0 Å². The van der Waals surface area contributed by atoms with Gasteiger partial charge in [0.25, 0.3) is 0 Å². The smallest absolute Gasteiger partial charge is 0.188 e. The topological polar surface area (TPSA) is 57.7 Å². The first kappa shape index (κ1) is 34.4. The van der Waals surface area contributed by atoms with E-state index in [1.165, 1.54) is 32.3 Å². The molecule has 10 aromatic carbocycles. The molecule has 0 bridgehead atoms. The number of nitriles is 1. The molecular formula is C56H31N3O2. The van der Waals surface area contributed by atoms with E-state index in [1.54, 1.807) is 12.1 Å². The summed E-state index contributed by atoms with van der Waals surface area (Å²) in [7, 11) is 0. The molecule has 12 aromatic rings. The third-order valence-electron chi connectivity index (χ3n) is 12.1. The Morgan fingerprint density at radius 2 is 0.803 bits per heavy atom. The number of rotatable bonds is 5. The summed E-state index contributed by atoms with van der Waals surface area (Å²) in [5.41, 5.74) is 11.7. The van der Waals surface area contributed by atoms with E-state index in [4.69, 9.17) is 15.4 Å². The number of hydrogen-bond donors (Lipinski definition) is 0. The lowest BCUT2D eigenvalue weighted by atomic mass is 9.94. The molecule has 0 saturated heterocycles. The largest absolute Gasteiger partial charge is 0.456 e. The van der Waals surface area contributed by atoms with Crippen LogP contribution in [-0.4, -0.2) is 0 Å². The zero-order valence-corrected chi connectivity index (χ0v) is 32.6. The van der Waals surface area contributed by atoms with Crippen molar-refractivity contribution in [3.05, 3.63) is 205 Å². The van der Waals surface area contributed by atoms with Crippen LogP contribution in [-0.2, 0) is 0 Å². The van der Waals surface area contributed by atoms with Crippen molar-refractivity contribution in [2.24, 2.45) is 0 Å². The second kappa shape index (κ2) is 13.5. The molecule has 0 aliphatic carbocycles. The fraction of sp³-hybridized carbons (Fsp3) is 0. The Bertz CT molecular complexity index is 3630. The molecule has 0 fully saturated rings. The Labute approximate surface area is 350 Å². The Morgan fingerprint density at radius 1 is 0.377 bits per heavy atom. The van der Waals surface area contributed by atoms with Gasteiger partial charge in [0.05, 0.1) is 18.2 Å². The average molecular weight is 778 g/mol. The summed E-state index contributed by atoms with van der Waals surface area (Å²) in [5.74, 6) is 0. The van der Waals surface area contributed by atoms with Gasteiger partial charge < -0.3 is 13.7 Å². The summed E-state index contributed by atoms with van der Waals surface area (Å²) in [6.45, 7) is 7.53. The highest BCUT2D eigenvalue weighted by Crippen LogP contribution is 2.43. The maximum atomic E-state index is 9.56. The summed E-state index contributed by atoms with van der Waals surface area (Å²) >= 11 is 0. The lowest BCUT2D eigenvalue weighted by Crippen LogP contribution is -2.10. The van der Waals surface area contributed by atoms with Gasteiger partial charge in [0.2, 0.25) is 0 Å². The highest BCUT2D eigenvalue weighted by Gasteiger charge is 2.18. The maximum absolute atomic E-state index is 9.56. The molecule has 0 amide bonds. The standard InChI is InChI=1S/C56H31N3O2/c1-58-39-17-27-56-52(31-39)51-30-38(16-26-55(51)61-56)36-13-20-41(21-14-36)59(42-22-23-47-45-8-3-2-6-43(45)44-7-4-5-9-46(44)48(47)32-42)40-18-11-35(12-19-40)37-15-25-54-50(29-37)49-28-34(33-57)10-24-53(49)60-54/h2-32H. The molecule has 282 valence electrons. The monoisotopic (exact) mass is 777 g/mol. The molecule has 0 N–H and O–H groups in total. The Morgan fingerprint density at radius 3 is 1.33 bits per heavy atom. The minimum Gasteiger partial charge on any atom is -0.456 e. The second-order valence-corrected chi connectivity index (χ2v) is 15.5. The molecule has 0 aliphatic heterocycles. The molecule has 5 heteroatoms. The normalized spacial score (nSPS) is 11.6. The van der Waals surface area contributed by atoms with Crippen LogP contribution in [0, 0.1) is 17.9 Å². The molecule has 0 aliphatic rings. The third-order valence-corrected chi connectivity index (χ3v) is 12.1. The number of nitrogens with zero attached hydrogens (tertiary/aromatic N) is 3. The van der Waals surface area contributed by atoms with Gasteiger partial charge in [-0.05, 0) is 146 Å². The molecule has 0 spiro atoms. The maximum Gasteiger partial charge on any atom is 0.188 e. The van der Waals surface area contributed by atoms with Crippen LogP contribution in [0.5, 0.6) is 0 Å². The number of anilines is 3. The molecule has 2 heterocycles. The van der Waals surface area contributed by atoms with Crippen molar-refractivity contribution in [1.29, 1.82) is 5.26 Å². The molecule has 5 nitrogen and oxygen atoms in total. The van der Waals surface area contributed by atoms with Gasteiger partial charge in [0.15, 0.2) is 5.69 Å². The van der Waals surface area contributed by atoms with E-state index in [2.05, 4.69) is 155 Å².